The van der Waals surface area contributed by atoms with Crippen LogP contribution in [-0.2, 0) is 13.0 Å². The zero-order chi connectivity index (χ0) is 19.9. The van der Waals surface area contributed by atoms with Crippen LogP contribution in [0.25, 0.3) is 0 Å². The van der Waals surface area contributed by atoms with E-state index in [-0.39, 0.29) is 5.91 Å². The van der Waals surface area contributed by atoms with E-state index in [1.54, 1.807) is 19.4 Å². The first-order chi connectivity index (χ1) is 13.6. The number of pyridine rings is 1. The second-order valence-electron chi connectivity index (χ2n) is 6.55. The minimum absolute atomic E-state index is 0.203. The number of para-hydroxylation sites is 1. The van der Waals surface area contributed by atoms with E-state index in [4.69, 9.17) is 4.74 Å². The summed E-state index contributed by atoms with van der Waals surface area (Å²) in [5.74, 6) is 0.631. The summed E-state index contributed by atoms with van der Waals surface area (Å²) in [6, 6.07) is 17.5. The van der Waals surface area contributed by atoms with Crippen molar-refractivity contribution in [2.45, 2.75) is 26.8 Å². The molecule has 0 saturated heterocycles. The Balaban J connectivity index is 1.62. The maximum absolute atomic E-state index is 12.6. The number of hydrogen-bond donors (Lipinski definition) is 2. The topological polar surface area (TPSA) is 63.2 Å². The van der Waals surface area contributed by atoms with E-state index in [1.165, 1.54) is 0 Å². The lowest BCUT2D eigenvalue weighted by molar-refractivity contribution is 0.102. The molecule has 0 spiro atoms. The average molecular weight is 375 g/mol. The first-order valence-corrected chi connectivity index (χ1v) is 9.33. The van der Waals surface area contributed by atoms with Crippen LogP contribution in [0, 0.1) is 6.92 Å². The third-order valence-corrected chi connectivity index (χ3v) is 4.63. The molecule has 2 aromatic carbocycles. The van der Waals surface area contributed by atoms with Gasteiger partial charge in [0.05, 0.1) is 19.0 Å². The van der Waals surface area contributed by atoms with Gasteiger partial charge in [-0.3, -0.25) is 4.79 Å². The molecule has 5 nitrogen and oxygen atoms in total. The number of aryl methyl sites for hydroxylation is 2. The molecule has 1 amide bonds. The Hall–Kier alpha value is -3.34. The van der Waals surface area contributed by atoms with Crippen molar-refractivity contribution in [1.82, 2.24) is 4.98 Å². The number of ether oxygens (including phenoxy) is 1. The second kappa shape index (κ2) is 9.04. The highest BCUT2D eigenvalue weighted by molar-refractivity contribution is 6.03. The first-order valence-electron chi connectivity index (χ1n) is 9.33. The van der Waals surface area contributed by atoms with Gasteiger partial charge < -0.3 is 15.4 Å². The molecule has 0 atom stereocenters. The minimum Gasteiger partial charge on any atom is -0.497 e. The van der Waals surface area contributed by atoms with Gasteiger partial charge in [0.2, 0.25) is 0 Å². The normalized spacial score (nSPS) is 10.4. The molecule has 0 radical (unpaired) electrons. The zero-order valence-corrected chi connectivity index (χ0v) is 16.5. The molecule has 0 aliphatic rings. The second-order valence-corrected chi connectivity index (χ2v) is 6.55. The van der Waals surface area contributed by atoms with Crippen molar-refractivity contribution < 1.29 is 9.53 Å². The van der Waals surface area contributed by atoms with Crippen LogP contribution in [-0.4, -0.2) is 18.0 Å². The predicted molar refractivity (Wildman–Crippen MR) is 113 cm³/mol. The Morgan fingerprint density at radius 3 is 2.50 bits per heavy atom. The van der Waals surface area contributed by atoms with E-state index in [9.17, 15) is 4.79 Å². The molecule has 0 unspecified atom stereocenters. The van der Waals surface area contributed by atoms with Gasteiger partial charge >= 0.3 is 0 Å². The number of aromatic nitrogens is 1. The van der Waals surface area contributed by atoms with Crippen LogP contribution in [0.1, 0.15) is 34.1 Å². The number of carbonyl (C=O) groups is 1. The summed E-state index contributed by atoms with van der Waals surface area (Å²) in [7, 11) is 1.65. The summed E-state index contributed by atoms with van der Waals surface area (Å²) in [5.41, 5.74) is 5.42. The van der Waals surface area contributed by atoms with Gasteiger partial charge in [0.25, 0.3) is 5.91 Å². The molecule has 0 saturated carbocycles. The van der Waals surface area contributed by atoms with Crippen LogP contribution in [0.4, 0.5) is 11.4 Å². The minimum atomic E-state index is -0.203. The molecule has 5 heteroatoms. The molecule has 0 bridgehead atoms. The van der Waals surface area contributed by atoms with Crippen molar-refractivity contribution in [3.8, 4) is 5.75 Å². The third kappa shape index (κ3) is 4.68. The van der Waals surface area contributed by atoms with E-state index >= 15 is 0 Å². The standard InChI is InChI=1S/C23H25N3O2/c1-4-18-7-5-6-16(2)22(18)26-23(27)21-13-10-19(15-25-21)24-14-17-8-11-20(28-3)12-9-17/h5-13,15,24H,4,14H2,1-3H3,(H,26,27). The molecule has 144 valence electrons. The van der Waals surface area contributed by atoms with Gasteiger partial charge in [-0.2, -0.15) is 0 Å². The fourth-order valence-corrected chi connectivity index (χ4v) is 2.96. The molecule has 0 fully saturated rings. The highest BCUT2D eigenvalue weighted by Crippen LogP contribution is 2.22. The largest absolute Gasteiger partial charge is 0.497 e. The van der Waals surface area contributed by atoms with Crippen LogP contribution in [0.15, 0.2) is 60.8 Å². The third-order valence-electron chi connectivity index (χ3n) is 4.63. The van der Waals surface area contributed by atoms with Gasteiger partial charge in [-0.25, -0.2) is 4.98 Å². The summed E-state index contributed by atoms with van der Waals surface area (Å²) in [4.78, 5) is 16.9. The van der Waals surface area contributed by atoms with Crippen molar-refractivity contribution in [3.05, 3.63) is 83.2 Å². The highest BCUT2D eigenvalue weighted by atomic mass is 16.5. The number of hydrogen-bond acceptors (Lipinski definition) is 4. The summed E-state index contributed by atoms with van der Waals surface area (Å²) in [6.45, 7) is 4.74. The fraction of sp³-hybridized carbons (Fsp3) is 0.217. The molecule has 1 aromatic heterocycles. The van der Waals surface area contributed by atoms with Crippen LogP contribution < -0.4 is 15.4 Å². The summed E-state index contributed by atoms with van der Waals surface area (Å²) >= 11 is 0. The van der Waals surface area contributed by atoms with Crippen LogP contribution >= 0.6 is 0 Å². The zero-order valence-electron chi connectivity index (χ0n) is 16.5. The van der Waals surface area contributed by atoms with Crippen molar-refractivity contribution in [2.75, 3.05) is 17.7 Å². The molecule has 3 aromatic rings. The number of benzene rings is 2. The van der Waals surface area contributed by atoms with Gasteiger partial charge in [0, 0.05) is 12.2 Å². The predicted octanol–water partition coefficient (Wildman–Crippen LogP) is 4.83. The smallest absolute Gasteiger partial charge is 0.274 e. The number of methoxy groups -OCH3 is 1. The molecule has 0 aliphatic heterocycles. The Morgan fingerprint density at radius 2 is 1.86 bits per heavy atom. The summed E-state index contributed by atoms with van der Waals surface area (Å²) in [5, 5.41) is 6.31. The van der Waals surface area contributed by atoms with E-state index in [0.29, 0.717) is 12.2 Å². The fourth-order valence-electron chi connectivity index (χ4n) is 2.96. The molecule has 2 N–H and O–H groups in total. The van der Waals surface area contributed by atoms with Crippen LogP contribution in [0.2, 0.25) is 0 Å². The quantitative estimate of drug-likeness (QED) is 0.621. The molecule has 1 heterocycles. The number of carbonyl (C=O) groups excluding carboxylic acids is 1. The first kappa shape index (κ1) is 19.4. The monoisotopic (exact) mass is 375 g/mol. The molecular weight excluding hydrogens is 350 g/mol. The Morgan fingerprint density at radius 1 is 1.07 bits per heavy atom. The van der Waals surface area contributed by atoms with E-state index in [1.807, 2.05) is 55.5 Å². The van der Waals surface area contributed by atoms with Gasteiger partial charge in [-0.05, 0) is 54.3 Å². The Kier molecular flexibility index (Phi) is 6.27. The maximum Gasteiger partial charge on any atom is 0.274 e. The molecule has 0 aliphatic carbocycles. The van der Waals surface area contributed by atoms with Gasteiger partial charge in [0.1, 0.15) is 11.4 Å². The van der Waals surface area contributed by atoms with Gasteiger partial charge in [0.15, 0.2) is 0 Å². The maximum atomic E-state index is 12.6. The number of amides is 1. The van der Waals surface area contributed by atoms with Crippen molar-refractivity contribution >= 4 is 17.3 Å². The number of nitrogens with one attached hydrogen (secondary N) is 2. The molecular formula is C23H25N3O2. The number of rotatable bonds is 7. The van der Waals surface area contributed by atoms with Crippen molar-refractivity contribution in [1.29, 1.82) is 0 Å². The number of anilines is 2. The van der Waals surface area contributed by atoms with Gasteiger partial charge in [-0.1, -0.05) is 37.3 Å². The average Bonchev–Trinajstić information content (AvgIpc) is 2.74. The van der Waals surface area contributed by atoms with E-state index < -0.39 is 0 Å². The van der Waals surface area contributed by atoms with E-state index in [2.05, 4.69) is 22.5 Å². The highest BCUT2D eigenvalue weighted by Gasteiger charge is 2.11. The Labute approximate surface area is 165 Å². The van der Waals surface area contributed by atoms with Crippen molar-refractivity contribution in [2.24, 2.45) is 0 Å². The lowest BCUT2D eigenvalue weighted by Crippen LogP contribution is -2.15. The lowest BCUT2D eigenvalue weighted by Gasteiger charge is -2.13. The van der Waals surface area contributed by atoms with Crippen LogP contribution in [0.3, 0.4) is 0 Å². The lowest BCUT2D eigenvalue weighted by atomic mass is 10.1. The molecule has 3 rings (SSSR count). The molecule has 28 heavy (non-hydrogen) atoms. The van der Waals surface area contributed by atoms with Gasteiger partial charge in [-0.15, -0.1) is 0 Å². The Bertz CT molecular complexity index is 935. The SMILES string of the molecule is CCc1cccc(C)c1NC(=O)c1ccc(NCc2ccc(OC)cc2)cn1. The summed E-state index contributed by atoms with van der Waals surface area (Å²) in [6.07, 6.45) is 2.54. The summed E-state index contributed by atoms with van der Waals surface area (Å²) < 4.78 is 5.16. The van der Waals surface area contributed by atoms with Crippen molar-refractivity contribution in [3.63, 3.8) is 0 Å². The van der Waals surface area contributed by atoms with Crippen LogP contribution in [0.5, 0.6) is 5.75 Å². The van der Waals surface area contributed by atoms with E-state index in [0.717, 1.165) is 40.2 Å². The number of nitrogens with zero attached hydrogens (tertiary/aromatic N) is 1.